The van der Waals surface area contributed by atoms with Crippen molar-refractivity contribution in [3.8, 4) is 0 Å². The summed E-state index contributed by atoms with van der Waals surface area (Å²) in [6.45, 7) is 1.18. The number of amides is 1. The van der Waals surface area contributed by atoms with E-state index >= 15 is 0 Å². The molecule has 3 aromatic rings. The third-order valence-corrected chi connectivity index (χ3v) is 3.66. The molecule has 0 aliphatic carbocycles. The van der Waals surface area contributed by atoms with E-state index < -0.39 is 0 Å². The molecule has 0 saturated heterocycles. The van der Waals surface area contributed by atoms with Gasteiger partial charge in [0.2, 0.25) is 5.95 Å². The summed E-state index contributed by atoms with van der Waals surface area (Å²) < 4.78 is 0. The number of hydrogen-bond donors (Lipinski definition) is 2. The largest absolute Gasteiger partial charge is 0.354 e. The molecule has 25 heavy (non-hydrogen) atoms. The first kappa shape index (κ1) is 16.6. The molecule has 0 radical (unpaired) electrons. The van der Waals surface area contributed by atoms with Gasteiger partial charge in [0.15, 0.2) is 0 Å². The third kappa shape index (κ3) is 5.10. The van der Waals surface area contributed by atoms with Gasteiger partial charge >= 0.3 is 0 Å². The molecule has 2 heterocycles. The molecule has 2 N–H and O–H groups in total. The highest BCUT2D eigenvalue weighted by Gasteiger charge is 2.07. The maximum Gasteiger partial charge on any atom is 0.254 e. The van der Waals surface area contributed by atoms with Crippen LogP contribution in [0.25, 0.3) is 0 Å². The van der Waals surface area contributed by atoms with Crippen molar-refractivity contribution in [3.63, 3.8) is 0 Å². The summed E-state index contributed by atoms with van der Waals surface area (Å²) >= 11 is 0. The van der Waals surface area contributed by atoms with Crippen molar-refractivity contribution >= 4 is 11.9 Å². The van der Waals surface area contributed by atoms with Gasteiger partial charge in [-0.25, -0.2) is 9.97 Å². The van der Waals surface area contributed by atoms with E-state index in [-0.39, 0.29) is 5.91 Å². The lowest BCUT2D eigenvalue weighted by Crippen LogP contribution is -2.23. The summed E-state index contributed by atoms with van der Waals surface area (Å²) in [6.07, 6.45) is 7.33. The van der Waals surface area contributed by atoms with Gasteiger partial charge < -0.3 is 10.6 Å². The summed E-state index contributed by atoms with van der Waals surface area (Å²) in [6, 6.07) is 13.9. The van der Waals surface area contributed by atoms with Crippen LogP contribution in [0.5, 0.6) is 0 Å². The van der Waals surface area contributed by atoms with Crippen molar-refractivity contribution in [2.45, 2.75) is 13.0 Å². The lowest BCUT2D eigenvalue weighted by molar-refractivity contribution is 0.0950. The Morgan fingerprint density at radius 1 is 0.920 bits per heavy atom. The highest BCUT2D eigenvalue weighted by molar-refractivity contribution is 5.93. The Morgan fingerprint density at radius 3 is 2.36 bits per heavy atom. The van der Waals surface area contributed by atoms with Crippen LogP contribution in [0.4, 0.5) is 5.95 Å². The van der Waals surface area contributed by atoms with Gasteiger partial charge in [0, 0.05) is 37.9 Å². The summed E-state index contributed by atoms with van der Waals surface area (Å²) in [5.74, 6) is 0.314. The number of benzene rings is 1. The Balaban J connectivity index is 1.47. The first-order valence-corrected chi connectivity index (χ1v) is 8.08. The van der Waals surface area contributed by atoms with Gasteiger partial charge in [0.1, 0.15) is 0 Å². The summed E-state index contributed by atoms with van der Waals surface area (Å²) in [4.78, 5) is 24.4. The number of aromatic nitrogens is 3. The first-order chi connectivity index (χ1) is 12.3. The minimum Gasteiger partial charge on any atom is -0.354 e. The number of pyridine rings is 1. The average Bonchev–Trinajstić information content (AvgIpc) is 2.68. The van der Waals surface area contributed by atoms with Crippen LogP contribution in [-0.4, -0.2) is 27.4 Å². The van der Waals surface area contributed by atoms with Gasteiger partial charge in [-0.3, -0.25) is 9.78 Å². The Morgan fingerprint density at radius 2 is 1.64 bits per heavy atom. The van der Waals surface area contributed by atoms with Crippen LogP contribution < -0.4 is 10.6 Å². The van der Waals surface area contributed by atoms with Crippen LogP contribution in [0.3, 0.4) is 0 Å². The van der Waals surface area contributed by atoms with Crippen molar-refractivity contribution < 1.29 is 4.79 Å². The zero-order valence-corrected chi connectivity index (χ0v) is 13.7. The van der Waals surface area contributed by atoms with Gasteiger partial charge in [-0.1, -0.05) is 30.3 Å². The number of nitrogens with zero attached hydrogens (tertiary/aromatic N) is 3. The number of nitrogens with one attached hydrogen (secondary N) is 2. The van der Waals surface area contributed by atoms with Crippen molar-refractivity contribution in [1.82, 2.24) is 20.3 Å². The zero-order chi connectivity index (χ0) is 17.3. The van der Waals surface area contributed by atoms with Crippen LogP contribution in [0.2, 0.25) is 0 Å². The molecule has 2 aromatic heterocycles. The minimum absolute atomic E-state index is 0.201. The van der Waals surface area contributed by atoms with E-state index in [1.807, 2.05) is 30.3 Å². The van der Waals surface area contributed by atoms with Crippen molar-refractivity contribution in [2.75, 3.05) is 11.9 Å². The maximum absolute atomic E-state index is 12.1. The minimum atomic E-state index is -0.201. The fraction of sp³-hybridized carbons (Fsp3) is 0.158. The number of rotatable bonds is 7. The molecule has 6 nitrogen and oxygen atoms in total. The summed E-state index contributed by atoms with van der Waals surface area (Å²) in [5.41, 5.74) is 2.67. The Bertz CT molecular complexity index is 791. The maximum atomic E-state index is 12.1. The molecule has 0 fully saturated rings. The lowest BCUT2D eigenvalue weighted by Gasteiger charge is -2.07. The van der Waals surface area contributed by atoms with Crippen LogP contribution in [0.1, 0.15) is 21.5 Å². The van der Waals surface area contributed by atoms with Gasteiger partial charge in [-0.15, -0.1) is 0 Å². The van der Waals surface area contributed by atoms with Gasteiger partial charge in [0.05, 0.1) is 5.56 Å². The number of carbonyl (C=O) groups excluding carboxylic acids is 1. The molecule has 0 saturated carbocycles. The molecule has 0 aliphatic rings. The predicted octanol–water partition coefficient (Wildman–Crippen LogP) is 2.46. The highest BCUT2D eigenvalue weighted by Crippen LogP contribution is 2.03. The second-order valence-corrected chi connectivity index (χ2v) is 5.50. The number of anilines is 1. The summed E-state index contributed by atoms with van der Waals surface area (Å²) in [7, 11) is 0. The zero-order valence-electron chi connectivity index (χ0n) is 13.7. The van der Waals surface area contributed by atoms with E-state index in [4.69, 9.17) is 0 Å². The van der Waals surface area contributed by atoms with E-state index in [2.05, 4.69) is 37.7 Å². The standard InChI is InChI=1S/C19H19N5O/c25-18(22-12-16-6-9-20-10-7-16)17-13-23-19(24-14-17)21-11-8-15-4-2-1-3-5-15/h1-7,9-10,13-14H,8,11-12H2,(H,22,25)(H,21,23,24). The van der Waals surface area contributed by atoms with Crippen LogP contribution in [-0.2, 0) is 13.0 Å². The molecule has 0 atom stereocenters. The molecule has 0 spiro atoms. The van der Waals surface area contributed by atoms with Gasteiger partial charge in [-0.2, -0.15) is 0 Å². The average molecular weight is 333 g/mol. The SMILES string of the molecule is O=C(NCc1ccncc1)c1cnc(NCCc2ccccc2)nc1. The first-order valence-electron chi connectivity index (χ1n) is 8.08. The van der Waals surface area contributed by atoms with Crippen molar-refractivity contribution in [2.24, 2.45) is 0 Å². The van der Waals surface area contributed by atoms with Gasteiger partial charge in [0.25, 0.3) is 5.91 Å². The quantitative estimate of drug-likeness (QED) is 0.694. The number of carbonyl (C=O) groups is 1. The second-order valence-electron chi connectivity index (χ2n) is 5.50. The molecule has 0 aliphatic heterocycles. The molecular weight excluding hydrogens is 314 g/mol. The Kier molecular flexibility index (Phi) is 5.66. The molecule has 0 bridgehead atoms. The number of hydrogen-bond acceptors (Lipinski definition) is 5. The van der Waals surface area contributed by atoms with E-state index in [1.54, 1.807) is 12.4 Å². The van der Waals surface area contributed by atoms with Crippen LogP contribution in [0, 0.1) is 0 Å². The predicted molar refractivity (Wildman–Crippen MR) is 96.1 cm³/mol. The second kappa shape index (κ2) is 8.54. The third-order valence-electron chi connectivity index (χ3n) is 3.66. The Labute approximate surface area is 146 Å². The van der Waals surface area contributed by atoms with Gasteiger partial charge in [-0.05, 0) is 29.7 Å². The highest BCUT2D eigenvalue weighted by atomic mass is 16.1. The topological polar surface area (TPSA) is 79.8 Å². The fourth-order valence-corrected chi connectivity index (χ4v) is 2.28. The Hall–Kier alpha value is -3.28. The van der Waals surface area contributed by atoms with E-state index in [0.29, 0.717) is 18.1 Å². The van der Waals surface area contributed by atoms with E-state index in [0.717, 1.165) is 18.5 Å². The molecule has 126 valence electrons. The van der Waals surface area contributed by atoms with Crippen molar-refractivity contribution in [1.29, 1.82) is 0 Å². The van der Waals surface area contributed by atoms with Crippen LogP contribution >= 0.6 is 0 Å². The molecule has 1 aromatic carbocycles. The molecule has 6 heteroatoms. The monoisotopic (exact) mass is 333 g/mol. The smallest absolute Gasteiger partial charge is 0.254 e. The summed E-state index contributed by atoms with van der Waals surface area (Å²) in [5, 5.41) is 5.99. The fourth-order valence-electron chi connectivity index (χ4n) is 2.28. The molecular formula is C19H19N5O. The normalized spacial score (nSPS) is 10.2. The lowest BCUT2D eigenvalue weighted by atomic mass is 10.1. The molecule has 1 amide bonds. The van der Waals surface area contributed by atoms with E-state index in [9.17, 15) is 4.79 Å². The van der Waals surface area contributed by atoms with Crippen molar-refractivity contribution in [3.05, 3.63) is 83.9 Å². The molecule has 0 unspecified atom stereocenters. The van der Waals surface area contributed by atoms with E-state index in [1.165, 1.54) is 18.0 Å². The molecule has 3 rings (SSSR count). The van der Waals surface area contributed by atoms with Crippen LogP contribution in [0.15, 0.2) is 67.3 Å².